The normalized spacial score (nSPS) is 24.8. The molecule has 1 amide bonds. The van der Waals surface area contributed by atoms with Gasteiger partial charge in [-0.15, -0.1) is 10.2 Å². The zero-order valence-electron chi connectivity index (χ0n) is 10.8. The first-order valence-electron chi connectivity index (χ1n) is 6.73. The Labute approximate surface area is 120 Å². The summed E-state index contributed by atoms with van der Waals surface area (Å²) in [6.45, 7) is 2.46. The molecular formula is C14H14N4OS. The van der Waals surface area contributed by atoms with Crippen molar-refractivity contribution in [2.24, 2.45) is 11.8 Å². The molecule has 6 heteroatoms. The van der Waals surface area contributed by atoms with E-state index in [-0.39, 0.29) is 11.8 Å². The maximum atomic E-state index is 11.7. The van der Waals surface area contributed by atoms with Crippen molar-refractivity contribution in [1.29, 1.82) is 0 Å². The molecule has 0 unspecified atom stereocenters. The maximum Gasteiger partial charge on any atom is 0.225 e. The zero-order valence-corrected chi connectivity index (χ0v) is 11.6. The molecule has 0 aliphatic carbocycles. The quantitative estimate of drug-likeness (QED) is 0.906. The van der Waals surface area contributed by atoms with Crippen LogP contribution in [0.15, 0.2) is 30.3 Å². The molecule has 1 N–H and O–H groups in total. The molecule has 4 rings (SSSR count). The SMILES string of the molecule is O=C1NC[C@H]2CN(c3nnc(-c4ccccc4)s3)C[C@@H]12. The predicted octanol–water partition coefficient (Wildman–Crippen LogP) is 1.39. The first kappa shape index (κ1) is 11.8. The van der Waals surface area contributed by atoms with Gasteiger partial charge in [0.25, 0.3) is 0 Å². The molecule has 0 bridgehead atoms. The number of amides is 1. The van der Waals surface area contributed by atoms with Crippen LogP contribution >= 0.6 is 11.3 Å². The number of fused-ring (bicyclic) bond motifs is 1. The van der Waals surface area contributed by atoms with Crippen LogP contribution in [0.4, 0.5) is 5.13 Å². The lowest BCUT2D eigenvalue weighted by Crippen LogP contribution is -2.28. The number of hydrogen-bond donors (Lipinski definition) is 1. The number of rotatable bonds is 2. The Bertz CT molecular complexity index is 642. The summed E-state index contributed by atoms with van der Waals surface area (Å²) < 4.78 is 0. The van der Waals surface area contributed by atoms with Gasteiger partial charge in [-0.25, -0.2) is 0 Å². The average molecular weight is 286 g/mol. The van der Waals surface area contributed by atoms with Crippen molar-refractivity contribution < 1.29 is 4.79 Å². The lowest BCUT2D eigenvalue weighted by molar-refractivity contribution is -0.122. The van der Waals surface area contributed by atoms with Crippen LogP contribution in [0.3, 0.4) is 0 Å². The number of nitrogens with one attached hydrogen (secondary N) is 1. The molecule has 0 spiro atoms. The third-order valence-electron chi connectivity index (χ3n) is 4.02. The van der Waals surface area contributed by atoms with E-state index in [0.717, 1.165) is 35.3 Å². The molecule has 102 valence electrons. The van der Waals surface area contributed by atoms with Crippen LogP contribution in [-0.4, -0.2) is 35.7 Å². The van der Waals surface area contributed by atoms with Gasteiger partial charge in [0.2, 0.25) is 11.0 Å². The highest BCUT2D eigenvalue weighted by molar-refractivity contribution is 7.18. The van der Waals surface area contributed by atoms with Crippen LogP contribution in [0.2, 0.25) is 0 Å². The second-order valence-electron chi connectivity index (χ2n) is 5.27. The Morgan fingerprint density at radius 1 is 1.20 bits per heavy atom. The van der Waals surface area contributed by atoms with E-state index in [2.05, 4.69) is 20.4 Å². The van der Waals surface area contributed by atoms with Gasteiger partial charge < -0.3 is 10.2 Å². The van der Waals surface area contributed by atoms with E-state index in [9.17, 15) is 4.79 Å². The molecule has 3 heterocycles. The van der Waals surface area contributed by atoms with Gasteiger partial charge in [0.1, 0.15) is 5.01 Å². The fourth-order valence-corrected chi connectivity index (χ4v) is 3.80. The van der Waals surface area contributed by atoms with Gasteiger partial charge in [-0.2, -0.15) is 0 Å². The van der Waals surface area contributed by atoms with Crippen molar-refractivity contribution in [1.82, 2.24) is 15.5 Å². The number of carbonyl (C=O) groups excluding carboxylic acids is 1. The van der Waals surface area contributed by atoms with Gasteiger partial charge in [-0.3, -0.25) is 4.79 Å². The summed E-state index contributed by atoms with van der Waals surface area (Å²) in [5.74, 6) is 0.732. The molecule has 0 radical (unpaired) electrons. The molecule has 2 fully saturated rings. The highest BCUT2D eigenvalue weighted by Gasteiger charge is 2.42. The topological polar surface area (TPSA) is 58.1 Å². The lowest BCUT2D eigenvalue weighted by Gasteiger charge is -2.14. The molecule has 1 aromatic heterocycles. The first-order chi connectivity index (χ1) is 9.81. The largest absolute Gasteiger partial charge is 0.355 e. The first-order valence-corrected chi connectivity index (χ1v) is 7.54. The number of anilines is 1. The summed E-state index contributed by atoms with van der Waals surface area (Å²) >= 11 is 1.60. The van der Waals surface area contributed by atoms with Crippen molar-refractivity contribution in [3.63, 3.8) is 0 Å². The molecule has 2 aliphatic rings. The number of carbonyl (C=O) groups is 1. The number of nitrogens with zero attached hydrogens (tertiary/aromatic N) is 3. The number of hydrogen-bond acceptors (Lipinski definition) is 5. The molecule has 1 aromatic carbocycles. The molecule has 2 aromatic rings. The molecule has 2 aliphatic heterocycles. The van der Waals surface area contributed by atoms with Crippen LogP contribution in [0, 0.1) is 11.8 Å². The Balaban J connectivity index is 1.56. The zero-order chi connectivity index (χ0) is 13.5. The van der Waals surface area contributed by atoms with Crippen molar-refractivity contribution in [3.05, 3.63) is 30.3 Å². The maximum absolute atomic E-state index is 11.7. The van der Waals surface area contributed by atoms with Gasteiger partial charge in [-0.1, -0.05) is 41.7 Å². The summed E-state index contributed by atoms with van der Waals surface area (Å²) in [5, 5.41) is 13.3. The monoisotopic (exact) mass is 286 g/mol. The van der Waals surface area contributed by atoms with Gasteiger partial charge in [0, 0.05) is 31.1 Å². The Morgan fingerprint density at radius 2 is 2.05 bits per heavy atom. The molecule has 2 saturated heterocycles. The second-order valence-corrected chi connectivity index (χ2v) is 6.23. The van der Waals surface area contributed by atoms with Crippen LogP contribution in [0.1, 0.15) is 0 Å². The molecule has 20 heavy (non-hydrogen) atoms. The average Bonchev–Trinajstić information content (AvgIpc) is 3.17. The Kier molecular flexibility index (Phi) is 2.70. The summed E-state index contributed by atoms with van der Waals surface area (Å²) in [5.41, 5.74) is 1.09. The van der Waals surface area contributed by atoms with E-state index in [1.165, 1.54) is 0 Å². The van der Waals surface area contributed by atoms with Crippen molar-refractivity contribution in [2.75, 3.05) is 24.5 Å². The second kappa shape index (κ2) is 4.56. The van der Waals surface area contributed by atoms with E-state index in [1.54, 1.807) is 11.3 Å². The van der Waals surface area contributed by atoms with E-state index in [1.807, 2.05) is 30.3 Å². The van der Waals surface area contributed by atoms with Gasteiger partial charge in [0.15, 0.2) is 0 Å². The van der Waals surface area contributed by atoms with E-state index in [4.69, 9.17) is 0 Å². The van der Waals surface area contributed by atoms with Gasteiger partial charge in [-0.05, 0) is 0 Å². The lowest BCUT2D eigenvalue weighted by atomic mass is 10.0. The van der Waals surface area contributed by atoms with Crippen molar-refractivity contribution in [3.8, 4) is 10.6 Å². The predicted molar refractivity (Wildman–Crippen MR) is 77.5 cm³/mol. The fourth-order valence-electron chi connectivity index (χ4n) is 2.93. The molecular weight excluding hydrogens is 272 g/mol. The van der Waals surface area contributed by atoms with E-state index in [0.29, 0.717) is 5.92 Å². The third-order valence-corrected chi connectivity index (χ3v) is 5.05. The van der Waals surface area contributed by atoms with E-state index >= 15 is 0 Å². The summed E-state index contributed by atoms with van der Waals surface area (Å²) in [6, 6.07) is 10.1. The molecule has 0 saturated carbocycles. The highest BCUT2D eigenvalue weighted by Crippen LogP contribution is 2.34. The van der Waals surface area contributed by atoms with Crippen molar-refractivity contribution in [2.45, 2.75) is 0 Å². The number of aromatic nitrogens is 2. The summed E-state index contributed by atoms with van der Waals surface area (Å²) in [6.07, 6.45) is 0. The van der Waals surface area contributed by atoms with E-state index < -0.39 is 0 Å². The minimum atomic E-state index is 0.124. The van der Waals surface area contributed by atoms with Gasteiger partial charge in [0.05, 0.1) is 5.92 Å². The Hall–Kier alpha value is -1.95. The summed E-state index contributed by atoms with van der Waals surface area (Å²) in [4.78, 5) is 13.9. The standard InChI is InChI=1S/C14H14N4OS/c19-12-11-8-18(7-10(11)6-15-12)14-17-16-13(20-14)9-4-2-1-3-5-9/h1-5,10-11H,6-8H2,(H,15,19)/t10-,11+/m0/s1. The summed E-state index contributed by atoms with van der Waals surface area (Å²) in [7, 11) is 0. The molecule has 2 atom stereocenters. The smallest absolute Gasteiger partial charge is 0.225 e. The van der Waals surface area contributed by atoms with Crippen LogP contribution in [0.5, 0.6) is 0 Å². The third kappa shape index (κ3) is 1.87. The van der Waals surface area contributed by atoms with Crippen LogP contribution in [0.25, 0.3) is 10.6 Å². The van der Waals surface area contributed by atoms with Gasteiger partial charge >= 0.3 is 0 Å². The minimum absolute atomic E-state index is 0.124. The fraction of sp³-hybridized carbons (Fsp3) is 0.357. The minimum Gasteiger partial charge on any atom is -0.355 e. The van der Waals surface area contributed by atoms with Crippen molar-refractivity contribution >= 4 is 22.4 Å². The Morgan fingerprint density at radius 3 is 2.85 bits per heavy atom. The molecule has 5 nitrogen and oxygen atoms in total. The van der Waals surface area contributed by atoms with Crippen LogP contribution < -0.4 is 10.2 Å². The van der Waals surface area contributed by atoms with Crippen LogP contribution in [-0.2, 0) is 4.79 Å². The number of benzene rings is 1. The highest BCUT2D eigenvalue weighted by atomic mass is 32.1.